The Kier molecular flexibility index (Phi) is 3.74. The number of halogens is 1. The molecule has 2 rings (SSSR count). The van der Waals surface area contributed by atoms with E-state index in [1.54, 1.807) is 0 Å². The van der Waals surface area contributed by atoms with Crippen molar-refractivity contribution in [3.05, 3.63) is 52.5 Å². The Balaban J connectivity index is 2.05. The smallest absolute Gasteiger partial charge is 0.0953 e. The largest absolute Gasteiger partial charge is 0.333 e. The molecule has 0 aliphatic heterocycles. The van der Waals surface area contributed by atoms with E-state index in [1.807, 2.05) is 13.4 Å². The minimum absolute atomic E-state index is 0.813. The van der Waals surface area contributed by atoms with Gasteiger partial charge in [-0.05, 0) is 24.7 Å². The minimum atomic E-state index is 0.813. The average Bonchev–Trinajstić information content (AvgIpc) is 2.70. The quantitative estimate of drug-likeness (QED) is 0.932. The topological polar surface area (TPSA) is 29.9 Å². The molecule has 4 heteroatoms. The van der Waals surface area contributed by atoms with E-state index in [2.05, 4.69) is 61.3 Å². The summed E-state index contributed by atoms with van der Waals surface area (Å²) in [4.78, 5) is 4.31. The predicted octanol–water partition coefficient (Wildman–Crippen LogP) is 2.41. The summed E-state index contributed by atoms with van der Waals surface area (Å²) in [6.07, 6.45) is 3.94. The average molecular weight is 280 g/mol. The highest BCUT2D eigenvalue weighted by Gasteiger charge is 1.98. The second-order valence-electron chi connectivity index (χ2n) is 3.69. The Morgan fingerprint density at radius 3 is 2.75 bits per heavy atom. The van der Waals surface area contributed by atoms with E-state index in [0.717, 1.165) is 23.3 Å². The SMILES string of the molecule is CNCc1cn(Cc2ccc(Br)cc2)cn1. The molecule has 0 atom stereocenters. The maximum absolute atomic E-state index is 4.31. The Labute approximate surface area is 104 Å². The molecular formula is C12H14BrN3. The van der Waals surface area contributed by atoms with Crippen LogP contribution in [0.15, 0.2) is 41.3 Å². The molecule has 0 saturated heterocycles. The maximum Gasteiger partial charge on any atom is 0.0953 e. The first-order valence-electron chi connectivity index (χ1n) is 5.17. The molecule has 0 aliphatic rings. The van der Waals surface area contributed by atoms with E-state index >= 15 is 0 Å². The summed E-state index contributed by atoms with van der Waals surface area (Å²) in [7, 11) is 1.92. The third kappa shape index (κ3) is 2.93. The highest BCUT2D eigenvalue weighted by Crippen LogP contribution is 2.11. The predicted molar refractivity (Wildman–Crippen MR) is 68.2 cm³/mol. The number of nitrogens with one attached hydrogen (secondary N) is 1. The lowest BCUT2D eigenvalue weighted by molar-refractivity contribution is 0.782. The summed E-state index contributed by atoms with van der Waals surface area (Å²) in [5.41, 5.74) is 2.34. The normalized spacial score (nSPS) is 10.6. The van der Waals surface area contributed by atoms with Gasteiger partial charge < -0.3 is 9.88 Å². The molecule has 1 aromatic heterocycles. The van der Waals surface area contributed by atoms with Crippen LogP contribution in [0.4, 0.5) is 0 Å². The number of benzene rings is 1. The fourth-order valence-corrected chi connectivity index (χ4v) is 1.83. The molecule has 84 valence electrons. The number of rotatable bonds is 4. The molecule has 1 heterocycles. The van der Waals surface area contributed by atoms with Crippen molar-refractivity contribution in [2.45, 2.75) is 13.1 Å². The number of imidazole rings is 1. The monoisotopic (exact) mass is 279 g/mol. The Hall–Kier alpha value is -1.13. The fourth-order valence-electron chi connectivity index (χ4n) is 1.57. The summed E-state index contributed by atoms with van der Waals surface area (Å²) < 4.78 is 3.20. The number of aromatic nitrogens is 2. The van der Waals surface area contributed by atoms with Crippen LogP contribution in [0.3, 0.4) is 0 Å². The molecule has 0 aliphatic carbocycles. The van der Waals surface area contributed by atoms with Gasteiger partial charge in [-0.25, -0.2) is 4.98 Å². The first kappa shape index (κ1) is 11.4. The Morgan fingerprint density at radius 1 is 1.31 bits per heavy atom. The van der Waals surface area contributed by atoms with Crippen molar-refractivity contribution in [2.75, 3.05) is 7.05 Å². The van der Waals surface area contributed by atoms with Crippen LogP contribution < -0.4 is 5.32 Å². The summed E-state index contributed by atoms with van der Waals surface area (Å²) in [5, 5.41) is 3.09. The summed E-state index contributed by atoms with van der Waals surface area (Å²) >= 11 is 3.43. The lowest BCUT2D eigenvalue weighted by atomic mass is 10.2. The number of hydrogen-bond donors (Lipinski definition) is 1. The van der Waals surface area contributed by atoms with Gasteiger partial charge in [0.25, 0.3) is 0 Å². The minimum Gasteiger partial charge on any atom is -0.333 e. The van der Waals surface area contributed by atoms with Gasteiger partial charge in [-0.1, -0.05) is 28.1 Å². The van der Waals surface area contributed by atoms with Gasteiger partial charge in [0.05, 0.1) is 12.0 Å². The zero-order chi connectivity index (χ0) is 11.4. The molecule has 1 aromatic carbocycles. The third-order valence-electron chi connectivity index (χ3n) is 2.32. The molecular weight excluding hydrogens is 266 g/mol. The van der Waals surface area contributed by atoms with E-state index in [1.165, 1.54) is 5.56 Å². The Morgan fingerprint density at radius 2 is 2.06 bits per heavy atom. The van der Waals surface area contributed by atoms with Gasteiger partial charge in [0, 0.05) is 23.8 Å². The number of hydrogen-bond acceptors (Lipinski definition) is 2. The lowest BCUT2D eigenvalue weighted by Crippen LogP contribution is -2.05. The zero-order valence-electron chi connectivity index (χ0n) is 9.15. The van der Waals surface area contributed by atoms with Gasteiger partial charge in [0.1, 0.15) is 0 Å². The molecule has 0 spiro atoms. The molecule has 1 N–H and O–H groups in total. The second-order valence-corrected chi connectivity index (χ2v) is 4.61. The van der Waals surface area contributed by atoms with Crippen LogP contribution in [0.2, 0.25) is 0 Å². The van der Waals surface area contributed by atoms with Gasteiger partial charge in [-0.15, -0.1) is 0 Å². The van der Waals surface area contributed by atoms with E-state index < -0.39 is 0 Å². The zero-order valence-corrected chi connectivity index (χ0v) is 10.7. The summed E-state index contributed by atoms with van der Waals surface area (Å²) in [6, 6.07) is 8.34. The van der Waals surface area contributed by atoms with Crippen molar-refractivity contribution < 1.29 is 0 Å². The van der Waals surface area contributed by atoms with Crippen LogP contribution in [0.1, 0.15) is 11.3 Å². The van der Waals surface area contributed by atoms with Gasteiger partial charge in [0.2, 0.25) is 0 Å². The van der Waals surface area contributed by atoms with Crippen LogP contribution >= 0.6 is 15.9 Å². The van der Waals surface area contributed by atoms with Crippen LogP contribution in [-0.4, -0.2) is 16.6 Å². The lowest BCUT2D eigenvalue weighted by Gasteiger charge is -2.02. The van der Waals surface area contributed by atoms with Crippen molar-refractivity contribution in [1.29, 1.82) is 0 Å². The highest BCUT2D eigenvalue weighted by atomic mass is 79.9. The molecule has 0 unspecified atom stereocenters. The van der Waals surface area contributed by atoms with Crippen molar-refractivity contribution in [2.24, 2.45) is 0 Å². The van der Waals surface area contributed by atoms with Crippen LogP contribution in [-0.2, 0) is 13.1 Å². The van der Waals surface area contributed by atoms with Gasteiger partial charge in [0.15, 0.2) is 0 Å². The highest BCUT2D eigenvalue weighted by molar-refractivity contribution is 9.10. The van der Waals surface area contributed by atoms with E-state index in [-0.39, 0.29) is 0 Å². The molecule has 0 radical (unpaired) electrons. The summed E-state index contributed by atoms with van der Waals surface area (Å²) in [6.45, 7) is 1.68. The standard InChI is InChI=1S/C12H14BrN3/c1-14-6-12-8-16(9-15-12)7-10-2-4-11(13)5-3-10/h2-5,8-9,14H,6-7H2,1H3. The van der Waals surface area contributed by atoms with Crippen LogP contribution in [0.5, 0.6) is 0 Å². The van der Waals surface area contributed by atoms with Crippen LogP contribution in [0, 0.1) is 0 Å². The molecule has 16 heavy (non-hydrogen) atoms. The van der Waals surface area contributed by atoms with Crippen molar-refractivity contribution >= 4 is 15.9 Å². The summed E-state index contributed by atoms with van der Waals surface area (Å²) in [5.74, 6) is 0. The van der Waals surface area contributed by atoms with E-state index in [9.17, 15) is 0 Å². The van der Waals surface area contributed by atoms with E-state index in [0.29, 0.717) is 0 Å². The first-order valence-corrected chi connectivity index (χ1v) is 5.97. The van der Waals surface area contributed by atoms with Crippen molar-refractivity contribution in [3.8, 4) is 0 Å². The molecule has 0 bridgehead atoms. The van der Waals surface area contributed by atoms with Crippen molar-refractivity contribution in [3.63, 3.8) is 0 Å². The van der Waals surface area contributed by atoms with Crippen LogP contribution in [0.25, 0.3) is 0 Å². The number of nitrogens with zero attached hydrogens (tertiary/aromatic N) is 2. The molecule has 0 saturated carbocycles. The fraction of sp³-hybridized carbons (Fsp3) is 0.250. The van der Waals surface area contributed by atoms with Gasteiger partial charge in [-0.3, -0.25) is 0 Å². The third-order valence-corrected chi connectivity index (χ3v) is 2.85. The Bertz CT molecular complexity index is 448. The molecule has 2 aromatic rings. The van der Waals surface area contributed by atoms with E-state index in [4.69, 9.17) is 0 Å². The molecule has 3 nitrogen and oxygen atoms in total. The molecule has 0 amide bonds. The molecule has 0 fully saturated rings. The van der Waals surface area contributed by atoms with Gasteiger partial charge >= 0.3 is 0 Å². The second kappa shape index (κ2) is 5.27. The maximum atomic E-state index is 4.31. The first-order chi connectivity index (χ1) is 7.78. The van der Waals surface area contributed by atoms with Gasteiger partial charge in [-0.2, -0.15) is 0 Å². The van der Waals surface area contributed by atoms with Crippen molar-refractivity contribution in [1.82, 2.24) is 14.9 Å².